The maximum Gasteiger partial charge on any atom is 0.315 e. The maximum atomic E-state index is 12.7. The molecule has 0 aromatic heterocycles. The summed E-state index contributed by atoms with van der Waals surface area (Å²) in [7, 11) is 1.67. The number of esters is 4. The molecule has 12 rings (SSSR count). The third-order valence-corrected chi connectivity index (χ3v) is 27.0. The highest BCUT2D eigenvalue weighted by Gasteiger charge is 2.53. The second-order valence-corrected chi connectivity index (χ2v) is 38.8. The lowest BCUT2D eigenvalue weighted by Crippen LogP contribution is -2.47. The third-order valence-electron chi connectivity index (χ3n) is 27.0. The molecule has 0 spiro atoms. The van der Waals surface area contributed by atoms with Gasteiger partial charge < -0.3 is 68.2 Å². The monoisotopic (exact) mass is 1600 g/mol. The SMILES string of the molecule is C=C1CCC2C(C1)c1c(O)cc(C(C)(C)C(=O)OCCCC)cc1OC2(C)C.CCCCOC(=O)C(C)(C)c1cc(O)c2c(c1)OC(C)(C)C1CC/C(=C/OC)CC21.CCCCOC(=O)C(C)(C)c1cc(O)c2c(c1)OC(C)(C)C1CC[C@@H](C)CC21.CCCCOC(=O)C(C)(C)c1cc(O)c2c(c1)OC(C)(C)C1CC[C@@H](CO)CC21. The first-order chi connectivity index (χ1) is 53.9. The molecule has 10 atom stereocenters. The quantitative estimate of drug-likeness (QED) is 0.0161. The number of hydrogen-bond donors (Lipinski definition) is 5. The van der Waals surface area contributed by atoms with Gasteiger partial charge in [-0.1, -0.05) is 78.9 Å². The summed E-state index contributed by atoms with van der Waals surface area (Å²) in [6, 6.07) is 14.6. The Kier molecular flexibility index (Phi) is 29.2. The molecular weight excluding hydrogens is 1450 g/mol. The Hall–Kier alpha value is -7.60. The molecule has 4 aliphatic carbocycles. The van der Waals surface area contributed by atoms with Crippen LogP contribution in [0, 0.1) is 35.5 Å². The highest BCUT2D eigenvalue weighted by Crippen LogP contribution is 2.61. The number of phenols is 4. The predicted octanol–water partition coefficient (Wildman–Crippen LogP) is 21.6. The van der Waals surface area contributed by atoms with Gasteiger partial charge in [0.15, 0.2) is 0 Å². The zero-order valence-corrected chi connectivity index (χ0v) is 73.9. The standard InChI is InChI=1S/C25H36O5.C24H36O5.C24H36O4.C24H34O4/c1-7-8-11-29-23(27)24(2,3)17-13-20(26)22-18-12-16(15-28-6)9-10-19(18)25(4,5)30-21(22)14-17;1-6-7-10-28-22(27)23(2,3)16-12-19(26)21-17-11-15(14-25)8-9-18(17)24(4,5)29-20(21)13-16;2*1-7-8-11-27-22(26)23(3,4)16-13-19(25)21-17-12-15(2)9-10-18(17)24(5,6)28-20(21)14-16/h13-15,18-19,26H,7-12H2,1-6H3;12-13,15,17-18,25-26H,6-11,14H2,1-5H3;13-15,17-18,25H,7-12H2,1-6H3;13-14,17-18,25H,2,7-12H2,1,3-6H3/b16-15-;;;/t;2*15-,17?,18?;/m.11./s1. The van der Waals surface area contributed by atoms with Gasteiger partial charge in [0.25, 0.3) is 0 Å². The van der Waals surface area contributed by atoms with Crippen LogP contribution in [0.4, 0.5) is 0 Å². The molecule has 0 radical (unpaired) electrons. The van der Waals surface area contributed by atoms with Crippen molar-refractivity contribution in [2.24, 2.45) is 35.5 Å². The first-order valence-corrected chi connectivity index (χ1v) is 43.3. The Balaban J connectivity index is 0.000000175. The van der Waals surface area contributed by atoms with E-state index < -0.39 is 21.7 Å². The molecule has 18 nitrogen and oxygen atoms in total. The van der Waals surface area contributed by atoms with Crippen LogP contribution < -0.4 is 18.9 Å². The second-order valence-electron chi connectivity index (χ2n) is 38.8. The number of allylic oxidation sites excluding steroid dienone is 2. The molecule has 0 bridgehead atoms. The van der Waals surface area contributed by atoms with Crippen LogP contribution in [-0.2, 0) is 64.5 Å². The van der Waals surface area contributed by atoms with Gasteiger partial charge in [0.2, 0.25) is 0 Å². The van der Waals surface area contributed by atoms with Crippen molar-refractivity contribution in [2.75, 3.05) is 40.1 Å². The Morgan fingerprint density at radius 3 is 1.05 bits per heavy atom. The number of carbonyl (C=O) groups excluding carboxylic acids is 4. The van der Waals surface area contributed by atoms with Gasteiger partial charge >= 0.3 is 23.9 Å². The van der Waals surface area contributed by atoms with Gasteiger partial charge in [0, 0.05) is 64.4 Å². The van der Waals surface area contributed by atoms with Crippen LogP contribution in [0.15, 0.2) is 72.5 Å². The zero-order valence-electron chi connectivity index (χ0n) is 73.9. The molecule has 115 heavy (non-hydrogen) atoms. The summed E-state index contributed by atoms with van der Waals surface area (Å²) < 4.78 is 52.7. The zero-order chi connectivity index (χ0) is 84.9. The van der Waals surface area contributed by atoms with Crippen LogP contribution in [0.25, 0.3) is 0 Å². The second kappa shape index (κ2) is 36.7. The minimum absolute atomic E-state index is 0.147. The molecule has 4 aromatic rings. The van der Waals surface area contributed by atoms with Gasteiger partial charge in [-0.25, -0.2) is 0 Å². The van der Waals surface area contributed by atoms with Crippen molar-refractivity contribution in [3.05, 3.63) is 117 Å². The number of aliphatic hydroxyl groups excluding tert-OH is 1. The maximum absolute atomic E-state index is 12.7. The van der Waals surface area contributed by atoms with Crippen LogP contribution in [0.1, 0.15) is 342 Å². The average molecular weight is 1600 g/mol. The van der Waals surface area contributed by atoms with E-state index in [9.17, 15) is 44.7 Å². The molecule has 4 saturated carbocycles. The van der Waals surface area contributed by atoms with E-state index in [1.54, 1.807) is 31.4 Å². The number of ether oxygens (including phenoxy) is 9. The van der Waals surface area contributed by atoms with Crippen molar-refractivity contribution >= 4 is 23.9 Å². The summed E-state index contributed by atoms with van der Waals surface area (Å²) in [6.45, 7) is 48.2. The van der Waals surface area contributed by atoms with E-state index >= 15 is 0 Å². The molecular formula is C97H142O18. The topological polar surface area (TPSA) is 252 Å². The van der Waals surface area contributed by atoms with Gasteiger partial charge in [-0.15, -0.1) is 0 Å². The third kappa shape index (κ3) is 19.9. The van der Waals surface area contributed by atoms with E-state index in [1.165, 1.54) is 17.6 Å². The van der Waals surface area contributed by atoms with Gasteiger partial charge in [0.05, 0.1) is 61.5 Å². The number of fused-ring (bicyclic) bond motifs is 12. The van der Waals surface area contributed by atoms with Gasteiger partial charge in [-0.2, -0.15) is 0 Å². The average Bonchev–Trinajstić information content (AvgIpc) is 0.746. The molecule has 0 amide bonds. The number of benzene rings is 4. The van der Waals surface area contributed by atoms with Crippen molar-refractivity contribution in [2.45, 2.75) is 342 Å². The number of rotatable bonds is 22. The van der Waals surface area contributed by atoms with E-state index in [4.69, 9.17) is 42.6 Å². The van der Waals surface area contributed by atoms with Crippen LogP contribution in [-0.4, -0.2) is 112 Å². The first-order valence-electron chi connectivity index (χ1n) is 43.3. The molecule has 18 heteroatoms. The number of carbonyl (C=O) groups is 4. The number of aliphatic hydroxyl groups is 1. The minimum atomic E-state index is -0.884. The molecule has 638 valence electrons. The Morgan fingerprint density at radius 1 is 0.435 bits per heavy atom. The fraction of sp³-hybridized carbons (Fsp3) is 0.670. The largest absolute Gasteiger partial charge is 0.508 e. The minimum Gasteiger partial charge on any atom is -0.508 e. The highest BCUT2D eigenvalue weighted by atomic mass is 16.6. The molecule has 4 fully saturated rings. The summed E-state index contributed by atoms with van der Waals surface area (Å²) in [5.41, 5.74) is 4.01. The first kappa shape index (κ1) is 91.3. The van der Waals surface area contributed by atoms with E-state index in [0.717, 1.165) is 156 Å². The smallest absolute Gasteiger partial charge is 0.315 e. The summed E-state index contributed by atoms with van der Waals surface area (Å²) in [5, 5.41) is 53.6. The summed E-state index contributed by atoms with van der Waals surface area (Å²) in [4.78, 5) is 50.7. The van der Waals surface area contributed by atoms with Crippen LogP contribution in [0.2, 0.25) is 0 Å². The van der Waals surface area contributed by atoms with E-state index in [2.05, 4.69) is 96.6 Å². The highest BCUT2D eigenvalue weighted by molar-refractivity contribution is 5.85. The van der Waals surface area contributed by atoms with Crippen LogP contribution >= 0.6 is 0 Å². The lowest BCUT2D eigenvalue weighted by atomic mass is 9.63. The normalized spacial score (nSPS) is 24.7. The summed E-state index contributed by atoms with van der Waals surface area (Å²) in [5.74, 6) is 5.50. The van der Waals surface area contributed by atoms with Gasteiger partial charge in [-0.3, -0.25) is 19.2 Å². The number of aromatic hydroxyl groups is 4. The molecule has 8 aliphatic rings. The molecule has 5 N–H and O–H groups in total. The number of hydrogen-bond acceptors (Lipinski definition) is 18. The number of phenolic OH excluding ortho intramolecular Hbond substituents is 4. The van der Waals surface area contributed by atoms with E-state index in [1.807, 2.05) is 85.9 Å². The lowest BCUT2D eigenvalue weighted by Gasteiger charge is -2.49. The molecule has 4 aromatic carbocycles. The number of methoxy groups -OCH3 is 1. The van der Waals surface area contributed by atoms with Crippen molar-refractivity contribution in [1.29, 1.82) is 0 Å². The van der Waals surface area contributed by atoms with Crippen molar-refractivity contribution in [1.82, 2.24) is 0 Å². The van der Waals surface area contributed by atoms with Gasteiger partial charge in [0.1, 0.15) is 68.4 Å². The van der Waals surface area contributed by atoms with Gasteiger partial charge in [-0.05, 0) is 307 Å². The van der Waals surface area contributed by atoms with E-state index in [0.29, 0.717) is 95.9 Å². The Bertz CT molecular complexity index is 4130. The van der Waals surface area contributed by atoms with Crippen molar-refractivity contribution in [3.8, 4) is 46.0 Å². The predicted molar refractivity (Wildman–Crippen MR) is 451 cm³/mol. The molecule has 4 aliphatic heterocycles. The fourth-order valence-corrected chi connectivity index (χ4v) is 19.4. The Morgan fingerprint density at radius 2 is 0.730 bits per heavy atom. The van der Waals surface area contributed by atoms with Crippen molar-refractivity contribution in [3.63, 3.8) is 0 Å². The molecule has 8 unspecified atom stereocenters. The molecule has 4 heterocycles. The Labute approximate surface area is 687 Å². The summed E-state index contributed by atoms with van der Waals surface area (Å²) >= 11 is 0. The van der Waals surface area contributed by atoms with Crippen LogP contribution in [0.3, 0.4) is 0 Å². The van der Waals surface area contributed by atoms with E-state index in [-0.39, 0.29) is 99.6 Å². The fourth-order valence-electron chi connectivity index (χ4n) is 19.4. The summed E-state index contributed by atoms with van der Waals surface area (Å²) in [6.07, 6.45) is 21.0. The van der Waals surface area contributed by atoms with Crippen molar-refractivity contribution < 1.29 is 87.3 Å². The molecule has 0 saturated heterocycles. The number of unbranched alkanes of at least 4 members (excludes halogenated alkanes) is 4. The van der Waals surface area contributed by atoms with Crippen LogP contribution in [0.5, 0.6) is 46.0 Å². The lowest BCUT2D eigenvalue weighted by molar-refractivity contribution is -0.150.